The molecule has 0 amide bonds. The van der Waals surface area contributed by atoms with E-state index in [2.05, 4.69) is 9.97 Å². The van der Waals surface area contributed by atoms with Gasteiger partial charge in [0.05, 0.1) is 10.9 Å². The molecule has 0 saturated heterocycles. The van der Waals surface area contributed by atoms with Crippen LogP contribution in [0.4, 0.5) is 0 Å². The fraction of sp³-hybridized carbons (Fsp3) is 0.111. The number of nitrogens with one attached hydrogen (secondary N) is 2. The second-order valence-electron chi connectivity index (χ2n) is 3.01. The Morgan fingerprint density at radius 2 is 1.87 bits per heavy atom. The lowest BCUT2D eigenvalue weighted by Crippen LogP contribution is -2.21. The fourth-order valence-corrected chi connectivity index (χ4v) is 1.59. The minimum absolute atomic E-state index is 0.396. The molecule has 15 heavy (non-hydrogen) atoms. The molecule has 1 aromatic heterocycles. The maximum absolute atomic E-state index is 11.3. The van der Waals surface area contributed by atoms with E-state index in [1.165, 1.54) is 0 Å². The Kier molecular flexibility index (Phi) is 2.54. The first-order chi connectivity index (χ1) is 7.08. The van der Waals surface area contributed by atoms with Gasteiger partial charge in [-0.1, -0.05) is 6.07 Å². The second kappa shape index (κ2) is 3.72. The fourth-order valence-electron chi connectivity index (χ4n) is 1.32. The number of rotatable bonds is 1. The van der Waals surface area contributed by atoms with E-state index in [9.17, 15) is 9.59 Å². The van der Waals surface area contributed by atoms with Crippen LogP contribution in [0.25, 0.3) is 10.9 Å². The van der Waals surface area contributed by atoms with Crippen molar-refractivity contribution in [3.63, 3.8) is 0 Å². The lowest BCUT2D eigenvalue weighted by Gasteiger charge is -2.02. The second-order valence-corrected chi connectivity index (χ2v) is 4.11. The number of hydrogen-bond donors (Lipinski definition) is 2. The Hall–Kier alpha value is -1.26. The number of H-pyrrole nitrogens is 2. The summed E-state index contributed by atoms with van der Waals surface area (Å²) < 4.78 is 0. The molecule has 78 valence electrons. The predicted molar refractivity (Wildman–Crippen MR) is 59.6 cm³/mol. The smallest absolute Gasteiger partial charge is 0.307 e. The zero-order valence-corrected chi connectivity index (χ0v) is 8.89. The first-order valence-electron chi connectivity index (χ1n) is 4.12. The van der Waals surface area contributed by atoms with Crippen molar-refractivity contribution < 1.29 is 0 Å². The van der Waals surface area contributed by atoms with Crippen LogP contribution in [-0.2, 0) is 0 Å². The van der Waals surface area contributed by atoms with Crippen LogP contribution in [-0.4, -0.2) is 9.97 Å². The van der Waals surface area contributed by atoms with Gasteiger partial charge in [-0.25, -0.2) is 4.79 Å². The van der Waals surface area contributed by atoms with Crippen LogP contribution >= 0.6 is 23.2 Å². The summed E-state index contributed by atoms with van der Waals surface area (Å²) in [5.41, 5.74) is 0.0750. The molecule has 0 aliphatic rings. The van der Waals surface area contributed by atoms with Crippen LogP contribution in [0.2, 0.25) is 0 Å². The minimum atomic E-state index is -0.683. The SMILES string of the molecule is O=c1[nH]c(=O)c2ccc(C(Cl)Cl)cc2[nH]1. The molecule has 4 nitrogen and oxygen atoms in total. The van der Waals surface area contributed by atoms with Gasteiger partial charge in [-0.15, -0.1) is 23.2 Å². The monoisotopic (exact) mass is 244 g/mol. The summed E-state index contributed by atoms with van der Waals surface area (Å²) in [6.07, 6.45) is 0. The topological polar surface area (TPSA) is 65.7 Å². The quantitative estimate of drug-likeness (QED) is 0.751. The third-order valence-electron chi connectivity index (χ3n) is 2.02. The highest BCUT2D eigenvalue weighted by atomic mass is 35.5. The molecule has 0 bridgehead atoms. The van der Waals surface area contributed by atoms with Crippen molar-refractivity contribution in [3.8, 4) is 0 Å². The lowest BCUT2D eigenvalue weighted by molar-refractivity contribution is 1.08. The van der Waals surface area contributed by atoms with E-state index in [1.54, 1.807) is 18.2 Å². The molecule has 0 radical (unpaired) electrons. The summed E-state index contributed by atoms with van der Waals surface area (Å²) in [6.45, 7) is 0. The molecular formula is C9H6Cl2N2O2. The van der Waals surface area contributed by atoms with Crippen molar-refractivity contribution in [2.24, 2.45) is 0 Å². The van der Waals surface area contributed by atoms with Gasteiger partial charge in [-0.3, -0.25) is 9.78 Å². The zero-order valence-electron chi connectivity index (χ0n) is 7.38. The highest BCUT2D eigenvalue weighted by molar-refractivity contribution is 6.44. The van der Waals surface area contributed by atoms with Crippen LogP contribution in [0, 0.1) is 0 Å². The van der Waals surface area contributed by atoms with E-state index < -0.39 is 16.1 Å². The van der Waals surface area contributed by atoms with E-state index in [4.69, 9.17) is 23.2 Å². The van der Waals surface area contributed by atoms with Crippen LogP contribution in [0.5, 0.6) is 0 Å². The van der Waals surface area contributed by atoms with E-state index >= 15 is 0 Å². The zero-order chi connectivity index (χ0) is 11.0. The largest absolute Gasteiger partial charge is 0.326 e. The third kappa shape index (κ3) is 1.91. The number of fused-ring (bicyclic) bond motifs is 1. The minimum Gasteiger partial charge on any atom is -0.307 e. The van der Waals surface area contributed by atoms with Crippen LogP contribution in [0.1, 0.15) is 10.4 Å². The van der Waals surface area contributed by atoms with Crippen molar-refractivity contribution in [1.82, 2.24) is 9.97 Å². The molecule has 1 heterocycles. The molecule has 0 saturated carbocycles. The van der Waals surface area contributed by atoms with Gasteiger partial charge in [0, 0.05) is 0 Å². The van der Waals surface area contributed by atoms with Gasteiger partial charge in [0.2, 0.25) is 0 Å². The number of aromatic nitrogens is 2. The summed E-state index contributed by atoms with van der Waals surface area (Å²) in [5.74, 6) is 0. The Morgan fingerprint density at radius 1 is 1.13 bits per heavy atom. The number of hydrogen-bond acceptors (Lipinski definition) is 2. The molecule has 1 aromatic carbocycles. The highest BCUT2D eigenvalue weighted by Gasteiger charge is 2.06. The normalized spacial score (nSPS) is 11.1. The Labute approximate surface area is 93.8 Å². The molecule has 0 fully saturated rings. The van der Waals surface area contributed by atoms with Crippen molar-refractivity contribution >= 4 is 34.1 Å². The number of alkyl halides is 2. The molecule has 0 aliphatic carbocycles. The molecule has 6 heteroatoms. The van der Waals surface area contributed by atoms with E-state index in [-0.39, 0.29) is 0 Å². The van der Waals surface area contributed by atoms with Gasteiger partial charge in [-0.05, 0) is 17.7 Å². The van der Waals surface area contributed by atoms with E-state index in [0.29, 0.717) is 16.5 Å². The average Bonchev–Trinajstić information content (AvgIpc) is 2.16. The predicted octanol–water partition coefficient (Wildman–Crippen LogP) is 1.69. The maximum atomic E-state index is 11.3. The van der Waals surface area contributed by atoms with Gasteiger partial charge in [0.1, 0.15) is 4.84 Å². The van der Waals surface area contributed by atoms with Crippen LogP contribution in [0.15, 0.2) is 27.8 Å². The van der Waals surface area contributed by atoms with E-state index in [1.807, 2.05) is 0 Å². The van der Waals surface area contributed by atoms with Gasteiger partial charge in [-0.2, -0.15) is 0 Å². The Bertz CT molecular complexity index is 615. The van der Waals surface area contributed by atoms with Crippen molar-refractivity contribution in [2.45, 2.75) is 4.84 Å². The lowest BCUT2D eigenvalue weighted by atomic mass is 10.2. The number of halogens is 2. The standard InChI is InChI=1S/C9H6Cl2N2O2/c10-7(11)4-1-2-5-6(3-4)12-9(15)13-8(5)14/h1-3,7H,(H2,12,13,14,15). The van der Waals surface area contributed by atoms with Crippen LogP contribution in [0.3, 0.4) is 0 Å². The van der Waals surface area contributed by atoms with Gasteiger partial charge in [0.25, 0.3) is 5.56 Å². The van der Waals surface area contributed by atoms with Gasteiger partial charge >= 0.3 is 5.69 Å². The third-order valence-corrected chi connectivity index (χ3v) is 2.52. The molecule has 0 unspecified atom stereocenters. The molecule has 2 rings (SSSR count). The summed E-state index contributed by atoms with van der Waals surface area (Å²) in [5, 5.41) is 0.396. The van der Waals surface area contributed by atoms with Crippen molar-refractivity contribution in [3.05, 3.63) is 44.6 Å². The highest BCUT2D eigenvalue weighted by Crippen LogP contribution is 2.25. The van der Waals surface area contributed by atoms with E-state index in [0.717, 1.165) is 0 Å². The number of aromatic amines is 2. The number of benzene rings is 1. The van der Waals surface area contributed by atoms with Crippen molar-refractivity contribution in [2.75, 3.05) is 0 Å². The first-order valence-corrected chi connectivity index (χ1v) is 4.99. The van der Waals surface area contributed by atoms with Crippen LogP contribution < -0.4 is 11.2 Å². The summed E-state index contributed by atoms with van der Waals surface area (Å²) in [6, 6.07) is 4.79. The molecule has 0 atom stereocenters. The molecule has 2 aromatic rings. The molecule has 0 spiro atoms. The van der Waals surface area contributed by atoms with Crippen molar-refractivity contribution in [1.29, 1.82) is 0 Å². The summed E-state index contributed by atoms with van der Waals surface area (Å²) >= 11 is 11.3. The first kappa shape index (κ1) is 10.3. The Balaban J connectivity index is 2.82. The van der Waals surface area contributed by atoms with Gasteiger partial charge < -0.3 is 4.98 Å². The maximum Gasteiger partial charge on any atom is 0.326 e. The molecule has 2 N–H and O–H groups in total. The van der Waals surface area contributed by atoms with Gasteiger partial charge in [0.15, 0.2) is 0 Å². The summed E-state index contributed by atoms with van der Waals surface area (Å²) in [7, 11) is 0. The summed E-state index contributed by atoms with van der Waals surface area (Å²) in [4.78, 5) is 26.3. The Morgan fingerprint density at radius 3 is 2.53 bits per heavy atom. The average molecular weight is 245 g/mol. The molecule has 0 aliphatic heterocycles. The molecular weight excluding hydrogens is 239 g/mol.